The molecule has 0 radical (unpaired) electrons. The molecule has 5 heterocycles. The number of anilines is 1. The van der Waals surface area contributed by atoms with E-state index in [0.29, 0.717) is 62.0 Å². The molecular formula is C43H57N9O7. The number of benzene rings is 2. The maximum absolute atomic E-state index is 13.1. The van der Waals surface area contributed by atoms with Gasteiger partial charge in [0.1, 0.15) is 17.5 Å². The summed E-state index contributed by atoms with van der Waals surface area (Å²) in [6.07, 6.45) is 8.52. The fraction of sp³-hybridized carbons (Fsp3) is 0.512. The number of methoxy groups -OCH3 is 2. The number of carbonyl (C=O) groups is 4. The molecule has 16 nitrogen and oxygen atoms in total. The first-order valence-electron chi connectivity index (χ1n) is 20.7. The van der Waals surface area contributed by atoms with Crippen molar-refractivity contribution < 1.29 is 33.8 Å². The van der Waals surface area contributed by atoms with E-state index in [2.05, 4.69) is 48.5 Å². The van der Waals surface area contributed by atoms with E-state index in [1.807, 2.05) is 35.4 Å². The minimum absolute atomic E-state index is 0.0176. The van der Waals surface area contributed by atoms with Crippen molar-refractivity contribution in [2.75, 3.05) is 65.9 Å². The van der Waals surface area contributed by atoms with Crippen LogP contribution in [0.1, 0.15) is 91.5 Å². The standard InChI is InChI=1S/C43H57N9O7/c1-50-26-34(32-24-45-49-41(32)43(50)57)29-21-36(58-2)33(37(22-29)59-3)23-44-25-39(54)47-31-14-19-52(20-15-31)40(55)5-4-16-51-17-12-28(13-18-51)27-6-8-30(9-7-27)46-35-10-11-38(53)48-42(35)56/h6-9,21-22,24,26,28,31,35,43-44,46,57H,4-5,10-20,23,25H2,1-3H3,(H,45,49)(H,47,54)(H,48,53,56). The van der Waals surface area contributed by atoms with Crippen molar-refractivity contribution in [1.29, 1.82) is 0 Å². The Hall–Kier alpha value is -5.45. The van der Waals surface area contributed by atoms with E-state index >= 15 is 0 Å². The first-order chi connectivity index (χ1) is 28.6. The highest BCUT2D eigenvalue weighted by atomic mass is 16.5. The molecule has 6 N–H and O–H groups in total. The second-order valence-corrected chi connectivity index (χ2v) is 16.0. The van der Waals surface area contributed by atoms with Gasteiger partial charge in [0.25, 0.3) is 0 Å². The van der Waals surface area contributed by atoms with Crippen molar-refractivity contribution in [2.24, 2.45) is 0 Å². The van der Waals surface area contributed by atoms with Crippen LogP contribution < -0.4 is 30.7 Å². The van der Waals surface area contributed by atoms with Gasteiger partial charge in [0, 0.05) is 74.2 Å². The van der Waals surface area contributed by atoms with Gasteiger partial charge in [-0.05, 0) is 99.5 Å². The Morgan fingerprint density at radius 1 is 0.966 bits per heavy atom. The van der Waals surface area contributed by atoms with Gasteiger partial charge in [-0.3, -0.25) is 29.6 Å². The van der Waals surface area contributed by atoms with Gasteiger partial charge in [0.15, 0.2) is 6.23 Å². The lowest BCUT2D eigenvalue weighted by atomic mass is 9.89. The third-order valence-electron chi connectivity index (χ3n) is 12.1. The average molecular weight is 812 g/mol. The number of hydrogen-bond acceptors (Lipinski definition) is 12. The molecule has 0 bridgehead atoms. The number of hydrogen-bond donors (Lipinski definition) is 6. The second-order valence-electron chi connectivity index (χ2n) is 16.0. The van der Waals surface area contributed by atoms with Crippen LogP contribution in [0, 0.1) is 0 Å². The number of rotatable bonds is 15. The summed E-state index contributed by atoms with van der Waals surface area (Å²) in [5, 5.41) is 29.6. The fourth-order valence-corrected chi connectivity index (χ4v) is 8.64. The van der Waals surface area contributed by atoms with E-state index in [-0.39, 0.29) is 42.3 Å². The number of likely N-dealkylation sites (tertiary alicyclic amines) is 2. The van der Waals surface area contributed by atoms with Gasteiger partial charge in [-0.25, -0.2) is 0 Å². The summed E-state index contributed by atoms with van der Waals surface area (Å²) in [5.41, 5.74) is 6.07. The maximum Gasteiger partial charge on any atom is 0.249 e. The number of piperidine rings is 3. The number of imide groups is 1. The quantitative estimate of drug-likeness (QED) is 0.123. The first-order valence-corrected chi connectivity index (χ1v) is 20.7. The zero-order chi connectivity index (χ0) is 41.5. The van der Waals surface area contributed by atoms with Crippen LogP contribution >= 0.6 is 0 Å². The molecule has 2 aromatic carbocycles. The zero-order valence-electron chi connectivity index (χ0n) is 34.2. The van der Waals surface area contributed by atoms with Crippen molar-refractivity contribution in [3.8, 4) is 11.5 Å². The molecule has 4 aliphatic rings. The van der Waals surface area contributed by atoms with E-state index < -0.39 is 6.23 Å². The number of aromatic amines is 1. The number of ether oxygens (including phenoxy) is 2. The maximum atomic E-state index is 13.1. The van der Waals surface area contributed by atoms with Crippen LogP contribution in [0.3, 0.4) is 0 Å². The van der Waals surface area contributed by atoms with Crippen LogP contribution in [-0.4, -0.2) is 126 Å². The Bertz CT molecular complexity index is 1980. The van der Waals surface area contributed by atoms with Gasteiger partial charge >= 0.3 is 0 Å². The Labute approximate surface area is 345 Å². The molecule has 1 aromatic heterocycles. The Morgan fingerprint density at radius 3 is 2.36 bits per heavy atom. The minimum atomic E-state index is -0.819. The smallest absolute Gasteiger partial charge is 0.249 e. The van der Waals surface area contributed by atoms with Crippen LogP contribution in [0.4, 0.5) is 5.69 Å². The van der Waals surface area contributed by atoms with Crippen molar-refractivity contribution in [3.05, 3.63) is 76.7 Å². The number of carbonyl (C=O) groups excluding carboxylic acids is 4. The Balaban J connectivity index is 0.783. The number of nitrogens with one attached hydrogen (secondary N) is 5. The molecule has 0 aliphatic carbocycles. The van der Waals surface area contributed by atoms with Crippen molar-refractivity contribution in [3.63, 3.8) is 0 Å². The number of fused-ring (bicyclic) bond motifs is 1. The molecule has 3 fully saturated rings. The molecule has 4 amide bonds. The third-order valence-corrected chi connectivity index (χ3v) is 12.1. The number of aromatic nitrogens is 2. The van der Waals surface area contributed by atoms with Gasteiger partial charge in [-0.15, -0.1) is 0 Å². The predicted molar refractivity (Wildman–Crippen MR) is 221 cm³/mol. The summed E-state index contributed by atoms with van der Waals surface area (Å²) >= 11 is 0. The number of nitrogens with zero attached hydrogens (tertiary/aromatic N) is 4. The van der Waals surface area contributed by atoms with E-state index in [9.17, 15) is 24.3 Å². The highest BCUT2D eigenvalue weighted by Gasteiger charge is 2.29. The topological polar surface area (TPSA) is 193 Å². The molecule has 0 spiro atoms. The van der Waals surface area contributed by atoms with Crippen molar-refractivity contribution in [1.82, 2.24) is 40.8 Å². The molecule has 59 heavy (non-hydrogen) atoms. The van der Waals surface area contributed by atoms with Crippen LogP contribution in [0.15, 0.2) is 48.8 Å². The van der Waals surface area contributed by atoms with Crippen LogP contribution in [0.5, 0.6) is 11.5 Å². The lowest BCUT2D eigenvalue weighted by Gasteiger charge is -2.34. The molecule has 2 atom stereocenters. The monoisotopic (exact) mass is 811 g/mol. The fourth-order valence-electron chi connectivity index (χ4n) is 8.64. The molecule has 4 aliphatic heterocycles. The summed E-state index contributed by atoms with van der Waals surface area (Å²) in [6, 6.07) is 11.8. The molecule has 7 rings (SSSR count). The summed E-state index contributed by atoms with van der Waals surface area (Å²) in [5.74, 6) is 1.29. The van der Waals surface area contributed by atoms with Gasteiger partial charge in [0.05, 0.1) is 32.7 Å². The summed E-state index contributed by atoms with van der Waals surface area (Å²) in [6.45, 7) is 4.64. The van der Waals surface area contributed by atoms with Crippen molar-refractivity contribution in [2.45, 2.75) is 82.1 Å². The second kappa shape index (κ2) is 19.1. The van der Waals surface area contributed by atoms with Gasteiger partial charge in [-0.2, -0.15) is 5.10 Å². The summed E-state index contributed by atoms with van der Waals surface area (Å²) < 4.78 is 11.5. The van der Waals surface area contributed by atoms with E-state index in [4.69, 9.17) is 9.47 Å². The zero-order valence-corrected chi connectivity index (χ0v) is 34.2. The molecule has 316 valence electrons. The first kappa shape index (κ1) is 41.7. The van der Waals surface area contributed by atoms with E-state index in [1.165, 1.54) is 5.56 Å². The van der Waals surface area contributed by atoms with Crippen LogP contribution in [0.2, 0.25) is 0 Å². The number of amides is 4. The normalized spacial score (nSPS) is 20.4. The lowest BCUT2D eigenvalue weighted by molar-refractivity contribution is -0.134. The van der Waals surface area contributed by atoms with Gasteiger partial charge in [-0.1, -0.05) is 12.1 Å². The SMILES string of the molecule is COc1cc(C2=CN(C)C(O)c3[nH]ncc32)cc(OC)c1CNCC(=O)NC1CCN(C(=O)CCCN2CCC(c3ccc(NC4CCC(=O)NC4=O)cc3)CC2)CC1. The van der Waals surface area contributed by atoms with Crippen molar-refractivity contribution >= 4 is 34.9 Å². The molecule has 2 unspecified atom stereocenters. The molecule has 3 aromatic rings. The molecule has 0 saturated carbocycles. The third kappa shape index (κ3) is 10.1. The predicted octanol–water partition coefficient (Wildman–Crippen LogP) is 2.83. The number of aliphatic hydroxyl groups is 1. The molecule has 16 heteroatoms. The number of aliphatic hydroxyl groups excluding tert-OH is 1. The largest absolute Gasteiger partial charge is 0.496 e. The van der Waals surface area contributed by atoms with Gasteiger partial charge in [0.2, 0.25) is 23.6 Å². The summed E-state index contributed by atoms with van der Waals surface area (Å²) in [4.78, 5) is 55.6. The average Bonchev–Trinajstić information content (AvgIpc) is 3.74. The van der Waals surface area contributed by atoms with Gasteiger partial charge < -0.3 is 45.2 Å². The Morgan fingerprint density at radius 2 is 1.68 bits per heavy atom. The molecule has 3 saturated heterocycles. The van der Waals surface area contributed by atoms with Crippen LogP contribution in [0.25, 0.3) is 5.57 Å². The Kier molecular flexibility index (Phi) is 13.5. The summed E-state index contributed by atoms with van der Waals surface area (Å²) in [7, 11) is 4.99. The minimum Gasteiger partial charge on any atom is -0.496 e. The number of H-pyrrole nitrogens is 1. The van der Waals surface area contributed by atoms with E-state index in [0.717, 1.165) is 79.7 Å². The lowest BCUT2D eigenvalue weighted by Crippen LogP contribution is -2.48. The molecular weight excluding hydrogens is 755 g/mol. The van der Waals surface area contributed by atoms with E-state index in [1.54, 1.807) is 32.4 Å². The van der Waals surface area contributed by atoms with Crippen LogP contribution in [-0.2, 0) is 25.7 Å². The highest BCUT2D eigenvalue weighted by molar-refractivity contribution is 6.01. The highest BCUT2D eigenvalue weighted by Crippen LogP contribution is 2.39.